The van der Waals surface area contributed by atoms with Crippen LogP contribution < -0.4 is 16.7 Å². The van der Waals surface area contributed by atoms with E-state index in [1.54, 1.807) is 42.4 Å². The molecule has 1 N–H and O–H groups in total. The van der Waals surface area contributed by atoms with Gasteiger partial charge < -0.3 is 0 Å². The lowest BCUT2D eigenvalue weighted by molar-refractivity contribution is 0.703. The maximum absolute atomic E-state index is 12.5. The lowest BCUT2D eigenvalue weighted by Gasteiger charge is -2.06. The molecule has 0 radical (unpaired) electrons. The van der Waals surface area contributed by atoms with Gasteiger partial charge in [0, 0.05) is 38.6 Å². The number of rotatable bonds is 5. The van der Waals surface area contributed by atoms with Crippen LogP contribution in [0.1, 0.15) is 5.56 Å². The maximum atomic E-state index is 12.5. The molecule has 3 aromatic rings. The Morgan fingerprint density at radius 2 is 2.12 bits per heavy atom. The van der Waals surface area contributed by atoms with Crippen molar-refractivity contribution in [2.45, 2.75) is 6.54 Å². The third-order valence-electron chi connectivity index (χ3n) is 3.72. The van der Waals surface area contributed by atoms with Crippen molar-refractivity contribution in [3.63, 3.8) is 0 Å². The summed E-state index contributed by atoms with van der Waals surface area (Å²) >= 11 is 0. The second-order valence-corrected chi connectivity index (χ2v) is 5.37. The summed E-state index contributed by atoms with van der Waals surface area (Å²) in [5.74, 6) is 0.341. The lowest BCUT2D eigenvalue weighted by atomic mass is 10.3. The van der Waals surface area contributed by atoms with Crippen molar-refractivity contribution in [1.29, 1.82) is 0 Å². The molecule has 25 heavy (non-hydrogen) atoms. The summed E-state index contributed by atoms with van der Waals surface area (Å²) < 4.78 is 4.00. The minimum absolute atomic E-state index is 0.286. The quantitative estimate of drug-likeness (QED) is 0.414. The Kier molecular flexibility index (Phi) is 4.29. The van der Waals surface area contributed by atoms with Crippen LogP contribution in [0.15, 0.2) is 51.9 Å². The topological polar surface area (TPSA) is 99.1 Å². The number of nitrogens with one attached hydrogen (secondary N) is 1. The second-order valence-electron chi connectivity index (χ2n) is 5.37. The fourth-order valence-corrected chi connectivity index (χ4v) is 2.46. The highest BCUT2D eigenvalue weighted by molar-refractivity contribution is 5.80. The zero-order valence-corrected chi connectivity index (χ0v) is 13.9. The Morgan fingerprint density at radius 1 is 1.32 bits per heavy atom. The second kappa shape index (κ2) is 6.56. The summed E-state index contributed by atoms with van der Waals surface area (Å²) in [4.78, 5) is 32.9. The molecule has 3 aromatic heterocycles. The first-order valence-electron chi connectivity index (χ1n) is 7.51. The average molecular weight is 339 g/mol. The number of allylic oxidation sites excluding steroid dienone is 1. The monoisotopic (exact) mass is 339 g/mol. The van der Waals surface area contributed by atoms with Gasteiger partial charge in [0.25, 0.3) is 5.56 Å². The van der Waals surface area contributed by atoms with Crippen LogP contribution in [0.4, 0.5) is 5.95 Å². The van der Waals surface area contributed by atoms with Crippen molar-refractivity contribution in [3.8, 4) is 0 Å². The molecule has 9 nitrogen and oxygen atoms in total. The van der Waals surface area contributed by atoms with E-state index in [-0.39, 0.29) is 5.65 Å². The van der Waals surface area contributed by atoms with Crippen molar-refractivity contribution in [3.05, 3.63) is 63.6 Å². The lowest BCUT2D eigenvalue weighted by Crippen LogP contribution is -2.37. The van der Waals surface area contributed by atoms with Gasteiger partial charge in [0.05, 0.1) is 6.21 Å². The first kappa shape index (κ1) is 16.4. The fourth-order valence-electron chi connectivity index (χ4n) is 2.46. The Labute approximate surface area is 142 Å². The summed E-state index contributed by atoms with van der Waals surface area (Å²) in [6.07, 6.45) is 6.56. The number of hydrogen-bond donors (Lipinski definition) is 1. The Bertz CT molecular complexity index is 1070. The molecule has 128 valence electrons. The van der Waals surface area contributed by atoms with E-state index in [0.717, 1.165) is 10.1 Å². The molecular formula is C16H17N7O2. The predicted molar refractivity (Wildman–Crippen MR) is 95.9 cm³/mol. The summed E-state index contributed by atoms with van der Waals surface area (Å²) in [5, 5.41) is 4.13. The van der Waals surface area contributed by atoms with Gasteiger partial charge in [-0.1, -0.05) is 12.1 Å². The molecule has 0 aliphatic carbocycles. The molecule has 3 rings (SSSR count). The fraction of sp³-hybridized carbons (Fsp3) is 0.188. The molecule has 9 heteroatoms. The highest BCUT2D eigenvalue weighted by Crippen LogP contribution is 2.15. The van der Waals surface area contributed by atoms with Gasteiger partial charge in [-0.25, -0.2) is 10.2 Å². The van der Waals surface area contributed by atoms with Crippen LogP contribution in [0.3, 0.4) is 0 Å². The van der Waals surface area contributed by atoms with Gasteiger partial charge in [-0.15, -0.1) is 6.58 Å². The third-order valence-corrected chi connectivity index (χ3v) is 3.72. The summed E-state index contributed by atoms with van der Waals surface area (Å²) in [5.41, 5.74) is 3.36. The van der Waals surface area contributed by atoms with Gasteiger partial charge in [0.15, 0.2) is 11.2 Å². The van der Waals surface area contributed by atoms with E-state index in [0.29, 0.717) is 18.0 Å². The molecule has 0 aliphatic heterocycles. The van der Waals surface area contributed by atoms with E-state index in [9.17, 15) is 9.59 Å². The molecule has 3 heterocycles. The minimum Gasteiger partial charge on any atom is -0.299 e. The zero-order valence-electron chi connectivity index (χ0n) is 13.9. The zero-order chi connectivity index (χ0) is 18.0. The summed E-state index contributed by atoms with van der Waals surface area (Å²) in [6, 6.07) is 3.65. The number of hydrogen-bond acceptors (Lipinski definition) is 6. The highest BCUT2D eigenvalue weighted by atomic mass is 16.2. The molecular weight excluding hydrogens is 322 g/mol. The van der Waals surface area contributed by atoms with Gasteiger partial charge >= 0.3 is 5.69 Å². The number of pyridine rings is 1. The molecule has 0 saturated carbocycles. The molecule has 0 unspecified atom stereocenters. The highest BCUT2D eigenvalue weighted by Gasteiger charge is 2.18. The molecule has 0 bridgehead atoms. The van der Waals surface area contributed by atoms with E-state index in [1.807, 2.05) is 6.07 Å². The van der Waals surface area contributed by atoms with Gasteiger partial charge in [0.1, 0.15) is 0 Å². The first-order valence-corrected chi connectivity index (χ1v) is 7.51. The van der Waals surface area contributed by atoms with Crippen LogP contribution >= 0.6 is 0 Å². The first-order chi connectivity index (χ1) is 12.0. The van der Waals surface area contributed by atoms with Crippen LogP contribution in [-0.4, -0.2) is 29.9 Å². The predicted octanol–water partition coefficient (Wildman–Crippen LogP) is 0.461. The van der Waals surface area contributed by atoms with Crippen molar-refractivity contribution in [1.82, 2.24) is 23.7 Å². The Hall–Kier alpha value is -3.49. The summed E-state index contributed by atoms with van der Waals surface area (Å²) in [6.45, 7) is 4.04. The van der Waals surface area contributed by atoms with Crippen LogP contribution in [0.2, 0.25) is 0 Å². The number of anilines is 1. The van der Waals surface area contributed by atoms with Crippen LogP contribution in [0, 0.1) is 0 Å². The van der Waals surface area contributed by atoms with Gasteiger partial charge in [0.2, 0.25) is 5.95 Å². The molecule has 0 amide bonds. The summed E-state index contributed by atoms with van der Waals surface area (Å²) in [7, 11) is 3.00. The van der Waals surface area contributed by atoms with Gasteiger partial charge in [-0.2, -0.15) is 10.1 Å². The molecule has 0 fully saturated rings. The van der Waals surface area contributed by atoms with Crippen LogP contribution in [-0.2, 0) is 20.6 Å². The number of hydrazone groups is 1. The van der Waals surface area contributed by atoms with Gasteiger partial charge in [-0.05, 0) is 6.07 Å². The third kappa shape index (κ3) is 2.87. The minimum atomic E-state index is -0.439. The van der Waals surface area contributed by atoms with Crippen molar-refractivity contribution in [2.24, 2.45) is 19.2 Å². The van der Waals surface area contributed by atoms with Crippen molar-refractivity contribution in [2.75, 3.05) is 5.43 Å². The van der Waals surface area contributed by atoms with Crippen LogP contribution in [0.5, 0.6) is 0 Å². The van der Waals surface area contributed by atoms with Gasteiger partial charge in [-0.3, -0.25) is 23.5 Å². The van der Waals surface area contributed by atoms with E-state index in [2.05, 4.69) is 27.1 Å². The normalized spacial score (nSPS) is 11.3. The molecule has 0 aromatic carbocycles. The average Bonchev–Trinajstić information content (AvgIpc) is 2.98. The maximum Gasteiger partial charge on any atom is 0.332 e. The number of fused-ring (bicyclic) bond motifs is 1. The molecule has 0 spiro atoms. The number of nitrogens with zero attached hydrogens (tertiary/aromatic N) is 6. The standard InChI is InChI=1S/C16H17N7O2/c1-4-8-23-12-13(21(2)16(25)22(3)14(12)24)19-15(23)20-18-10-11-6-5-7-17-9-11/h4-7,9-10H,1,8H2,2-3H3,(H,19,20)/b18-10-. The van der Waals surface area contributed by atoms with Crippen LogP contribution in [0.25, 0.3) is 11.2 Å². The molecule has 0 atom stereocenters. The number of aryl methyl sites for hydroxylation is 1. The Balaban J connectivity index is 2.10. The largest absolute Gasteiger partial charge is 0.332 e. The molecule has 0 aliphatic rings. The smallest absolute Gasteiger partial charge is 0.299 e. The van der Waals surface area contributed by atoms with E-state index in [1.165, 1.54) is 11.6 Å². The molecule has 0 saturated heterocycles. The van der Waals surface area contributed by atoms with Crippen molar-refractivity contribution < 1.29 is 0 Å². The number of aromatic nitrogens is 5. The van der Waals surface area contributed by atoms with E-state index >= 15 is 0 Å². The SMILES string of the molecule is C=CCn1c(N/N=C\c2cccnc2)nc2c1c(=O)n(C)c(=O)n2C. The Morgan fingerprint density at radius 3 is 2.80 bits per heavy atom. The van der Waals surface area contributed by atoms with E-state index < -0.39 is 11.2 Å². The number of imidazole rings is 1. The van der Waals surface area contributed by atoms with E-state index in [4.69, 9.17) is 0 Å². The van der Waals surface area contributed by atoms with Crippen molar-refractivity contribution >= 4 is 23.3 Å².